The van der Waals surface area contributed by atoms with E-state index in [1.807, 2.05) is 0 Å². The van der Waals surface area contributed by atoms with Crippen LogP contribution in [-0.2, 0) is 0 Å². The molecule has 0 saturated carbocycles. The Morgan fingerprint density at radius 2 is 2.12 bits per heavy atom. The molecule has 0 fully saturated rings. The van der Waals surface area contributed by atoms with Gasteiger partial charge in [0.2, 0.25) is 0 Å². The average molecular weight is 232 g/mol. The van der Waals surface area contributed by atoms with E-state index in [-0.39, 0.29) is 0 Å². The quantitative estimate of drug-likeness (QED) is 0.856. The summed E-state index contributed by atoms with van der Waals surface area (Å²) in [7, 11) is 0. The van der Waals surface area contributed by atoms with Crippen LogP contribution in [0.4, 0.5) is 5.69 Å². The van der Waals surface area contributed by atoms with Crippen LogP contribution >= 0.6 is 0 Å². The lowest BCUT2D eigenvalue weighted by atomic mass is 9.95. The molecule has 2 heteroatoms. The number of fused-ring (bicyclic) bond motifs is 1. The Labute approximate surface area is 105 Å². The molecule has 2 atom stereocenters. The minimum Gasteiger partial charge on any atom is -0.368 e. The van der Waals surface area contributed by atoms with Gasteiger partial charge in [0.15, 0.2) is 0 Å². The molecule has 1 aromatic rings. The standard InChI is InChI=1S/C15H24N2/c1-4-12(3)17-11-10-14(16-5-2)13-8-6-7-9-15(13)17/h6-9,12,14,16H,4-5,10-11H2,1-3H3. The van der Waals surface area contributed by atoms with Crippen molar-refractivity contribution < 1.29 is 0 Å². The maximum atomic E-state index is 3.59. The van der Waals surface area contributed by atoms with Crippen LogP contribution in [0.5, 0.6) is 0 Å². The van der Waals surface area contributed by atoms with E-state index in [2.05, 4.69) is 55.3 Å². The van der Waals surface area contributed by atoms with Gasteiger partial charge in [-0.2, -0.15) is 0 Å². The molecule has 0 bridgehead atoms. The highest BCUT2D eigenvalue weighted by Gasteiger charge is 2.25. The summed E-state index contributed by atoms with van der Waals surface area (Å²) in [6.45, 7) is 8.99. The van der Waals surface area contributed by atoms with Crippen LogP contribution in [0.3, 0.4) is 0 Å². The van der Waals surface area contributed by atoms with Gasteiger partial charge in [0.05, 0.1) is 0 Å². The van der Waals surface area contributed by atoms with Crippen molar-refractivity contribution in [2.24, 2.45) is 0 Å². The molecule has 2 nitrogen and oxygen atoms in total. The minimum atomic E-state index is 0.538. The number of nitrogens with zero attached hydrogens (tertiary/aromatic N) is 1. The van der Waals surface area contributed by atoms with Gasteiger partial charge in [0, 0.05) is 24.3 Å². The van der Waals surface area contributed by atoms with E-state index in [1.54, 1.807) is 0 Å². The molecule has 0 spiro atoms. The highest BCUT2D eigenvalue weighted by molar-refractivity contribution is 5.57. The minimum absolute atomic E-state index is 0.538. The lowest BCUT2D eigenvalue weighted by molar-refractivity contribution is 0.468. The third-order valence-corrected chi connectivity index (χ3v) is 3.85. The van der Waals surface area contributed by atoms with E-state index in [0.717, 1.165) is 6.54 Å². The first-order chi connectivity index (χ1) is 8.27. The first-order valence-electron chi connectivity index (χ1n) is 6.86. The largest absolute Gasteiger partial charge is 0.368 e. The molecule has 1 heterocycles. The molecule has 17 heavy (non-hydrogen) atoms. The molecule has 2 unspecified atom stereocenters. The second kappa shape index (κ2) is 5.54. The molecule has 0 amide bonds. The molecule has 1 aliphatic rings. The van der Waals surface area contributed by atoms with Crippen LogP contribution in [-0.4, -0.2) is 19.1 Å². The molecular weight excluding hydrogens is 208 g/mol. The molecular formula is C15H24N2. The fourth-order valence-electron chi connectivity index (χ4n) is 2.72. The number of para-hydroxylation sites is 1. The normalized spacial score (nSPS) is 21.1. The molecule has 0 aromatic heterocycles. The fraction of sp³-hybridized carbons (Fsp3) is 0.600. The summed E-state index contributed by atoms with van der Waals surface area (Å²) in [6, 6.07) is 10.0. The number of rotatable bonds is 4. The predicted molar refractivity (Wildman–Crippen MR) is 74.6 cm³/mol. The average Bonchev–Trinajstić information content (AvgIpc) is 2.38. The fourth-order valence-corrected chi connectivity index (χ4v) is 2.72. The van der Waals surface area contributed by atoms with Gasteiger partial charge in [0.1, 0.15) is 0 Å². The Morgan fingerprint density at radius 3 is 2.82 bits per heavy atom. The third kappa shape index (κ3) is 2.47. The van der Waals surface area contributed by atoms with Crippen molar-refractivity contribution in [2.45, 2.75) is 45.7 Å². The number of hydrogen-bond acceptors (Lipinski definition) is 2. The van der Waals surface area contributed by atoms with Crippen molar-refractivity contribution in [1.29, 1.82) is 0 Å². The van der Waals surface area contributed by atoms with Gasteiger partial charge in [-0.15, -0.1) is 0 Å². The summed E-state index contributed by atoms with van der Waals surface area (Å²) < 4.78 is 0. The Bertz CT molecular complexity index is 362. The zero-order valence-electron chi connectivity index (χ0n) is 11.2. The third-order valence-electron chi connectivity index (χ3n) is 3.85. The van der Waals surface area contributed by atoms with E-state index in [0.29, 0.717) is 12.1 Å². The van der Waals surface area contributed by atoms with Crippen LogP contribution in [0.2, 0.25) is 0 Å². The first kappa shape index (κ1) is 12.4. The van der Waals surface area contributed by atoms with Crippen LogP contribution in [0, 0.1) is 0 Å². The van der Waals surface area contributed by atoms with Crippen molar-refractivity contribution in [1.82, 2.24) is 5.32 Å². The Kier molecular flexibility index (Phi) is 4.06. The maximum Gasteiger partial charge on any atom is 0.0417 e. The Balaban J connectivity index is 2.30. The van der Waals surface area contributed by atoms with E-state index in [1.165, 1.54) is 30.6 Å². The first-order valence-corrected chi connectivity index (χ1v) is 6.86. The van der Waals surface area contributed by atoms with Crippen LogP contribution in [0.15, 0.2) is 24.3 Å². The van der Waals surface area contributed by atoms with E-state index in [9.17, 15) is 0 Å². The molecule has 2 rings (SSSR count). The second-order valence-corrected chi connectivity index (χ2v) is 4.91. The topological polar surface area (TPSA) is 15.3 Å². The van der Waals surface area contributed by atoms with Gasteiger partial charge in [-0.05, 0) is 37.9 Å². The van der Waals surface area contributed by atoms with E-state index < -0.39 is 0 Å². The SMILES string of the molecule is CCNC1CCN(C(C)CC)c2ccccc21. The molecule has 0 aliphatic carbocycles. The molecule has 1 N–H and O–H groups in total. The van der Waals surface area contributed by atoms with Gasteiger partial charge in [-0.1, -0.05) is 32.0 Å². The number of nitrogens with one attached hydrogen (secondary N) is 1. The van der Waals surface area contributed by atoms with Gasteiger partial charge >= 0.3 is 0 Å². The summed E-state index contributed by atoms with van der Waals surface area (Å²) in [4.78, 5) is 2.56. The van der Waals surface area contributed by atoms with E-state index in [4.69, 9.17) is 0 Å². The van der Waals surface area contributed by atoms with Gasteiger partial charge < -0.3 is 10.2 Å². The lowest BCUT2D eigenvalue weighted by Crippen LogP contribution is -2.40. The Morgan fingerprint density at radius 1 is 1.35 bits per heavy atom. The zero-order chi connectivity index (χ0) is 12.3. The monoisotopic (exact) mass is 232 g/mol. The molecule has 1 aliphatic heterocycles. The van der Waals surface area contributed by atoms with Crippen LogP contribution < -0.4 is 10.2 Å². The summed E-state index contributed by atoms with van der Waals surface area (Å²) in [5, 5.41) is 3.59. The number of benzene rings is 1. The predicted octanol–water partition coefficient (Wildman–Crippen LogP) is 3.35. The summed E-state index contributed by atoms with van der Waals surface area (Å²) >= 11 is 0. The zero-order valence-corrected chi connectivity index (χ0v) is 11.2. The summed E-state index contributed by atoms with van der Waals surface area (Å²) in [6.07, 6.45) is 2.43. The summed E-state index contributed by atoms with van der Waals surface area (Å²) in [5.41, 5.74) is 2.90. The Hall–Kier alpha value is -1.02. The molecule has 0 saturated heterocycles. The second-order valence-electron chi connectivity index (χ2n) is 4.91. The molecule has 0 radical (unpaired) electrons. The highest BCUT2D eigenvalue weighted by atomic mass is 15.2. The van der Waals surface area contributed by atoms with Gasteiger partial charge in [0.25, 0.3) is 0 Å². The van der Waals surface area contributed by atoms with Crippen molar-refractivity contribution in [3.63, 3.8) is 0 Å². The molecule has 94 valence electrons. The maximum absolute atomic E-state index is 3.59. The van der Waals surface area contributed by atoms with Crippen LogP contribution in [0.1, 0.15) is 45.2 Å². The van der Waals surface area contributed by atoms with Gasteiger partial charge in [-0.3, -0.25) is 0 Å². The van der Waals surface area contributed by atoms with Crippen molar-refractivity contribution in [2.75, 3.05) is 18.0 Å². The summed E-state index contributed by atoms with van der Waals surface area (Å²) in [5.74, 6) is 0. The van der Waals surface area contributed by atoms with Crippen molar-refractivity contribution in [3.05, 3.63) is 29.8 Å². The van der Waals surface area contributed by atoms with Crippen molar-refractivity contribution >= 4 is 5.69 Å². The number of hydrogen-bond donors (Lipinski definition) is 1. The lowest BCUT2D eigenvalue weighted by Gasteiger charge is -2.39. The van der Waals surface area contributed by atoms with E-state index >= 15 is 0 Å². The van der Waals surface area contributed by atoms with Crippen LogP contribution in [0.25, 0.3) is 0 Å². The smallest absolute Gasteiger partial charge is 0.0417 e. The molecule has 1 aromatic carbocycles. The highest BCUT2D eigenvalue weighted by Crippen LogP contribution is 2.35. The van der Waals surface area contributed by atoms with Gasteiger partial charge in [-0.25, -0.2) is 0 Å². The van der Waals surface area contributed by atoms with Crippen molar-refractivity contribution in [3.8, 4) is 0 Å². The number of anilines is 1.